The monoisotopic (exact) mass is 1030 g/mol. The molecule has 5 saturated heterocycles. The summed E-state index contributed by atoms with van der Waals surface area (Å²) < 4.78 is 74.7. The van der Waals surface area contributed by atoms with Gasteiger partial charge in [-0.15, -0.1) is 0 Å². The maximum absolute atomic E-state index is 12.3. The first-order chi connectivity index (χ1) is 33.8. The molecule has 3 unspecified atom stereocenters. The molecule has 5 heterocycles. The van der Waals surface area contributed by atoms with Gasteiger partial charge >= 0.3 is 0 Å². The van der Waals surface area contributed by atoms with Crippen LogP contribution in [0.4, 0.5) is 8.78 Å². The second kappa shape index (κ2) is 30.9. The SMILES string of the molecule is BrCCOc1ccc(OC2CCCCO2)cc1.FCC1CN(CCOc2ccc(OC3CCCCO3)cc2)C1.Oc1ccc(OC2CCCCO2)cc1.Oc1ccc(OCCN2CC(CF)C2)cc1. The first kappa shape index (κ1) is 53.8. The average molecular weight is 1030 g/mol. The molecular formula is C53H71BrF2N2O11. The normalized spacial score (nSPS) is 20.7. The highest BCUT2D eigenvalue weighted by Crippen LogP contribution is 2.25. The number of hydrogen-bond donors (Lipinski definition) is 2. The van der Waals surface area contributed by atoms with Crippen molar-refractivity contribution in [1.29, 1.82) is 0 Å². The fourth-order valence-electron chi connectivity index (χ4n) is 7.82. The lowest BCUT2D eigenvalue weighted by Gasteiger charge is -2.37. The van der Waals surface area contributed by atoms with Gasteiger partial charge in [-0.25, -0.2) is 0 Å². The maximum atomic E-state index is 12.3. The molecular weight excluding hydrogens is 958 g/mol. The zero-order valence-corrected chi connectivity index (χ0v) is 41.3. The highest BCUT2D eigenvalue weighted by Gasteiger charge is 2.27. The number of halogens is 3. The third kappa shape index (κ3) is 20.7. The highest BCUT2D eigenvalue weighted by atomic mass is 79.9. The summed E-state index contributed by atoms with van der Waals surface area (Å²) in [7, 11) is 0. The second-order valence-electron chi connectivity index (χ2n) is 17.5. The molecule has 0 radical (unpaired) electrons. The Kier molecular flexibility index (Phi) is 24.1. The Morgan fingerprint density at radius 1 is 0.449 bits per heavy atom. The van der Waals surface area contributed by atoms with Gasteiger partial charge in [-0.2, -0.15) is 0 Å². The summed E-state index contributed by atoms with van der Waals surface area (Å²) in [5, 5.41) is 19.0. The van der Waals surface area contributed by atoms with Crippen molar-refractivity contribution in [3.8, 4) is 46.0 Å². The Labute approximate surface area is 415 Å². The van der Waals surface area contributed by atoms with Crippen LogP contribution in [-0.2, 0) is 14.2 Å². The van der Waals surface area contributed by atoms with Crippen molar-refractivity contribution in [2.45, 2.75) is 76.7 Å². The van der Waals surface area contributed by atoms with Crippen LogP contribution in [0.25, 0.3) is 0 Å². The molecule has 5 aliphatic rings. The van der Waals surface area contributed by atoms with E-state index in [9.17, 15) is 8.78 Å². The summed E-state index contributed by atoms with van der Waals surface area (Å²) in [5.41, 5.74) is 0. The second-order valence-corrected chi connectivity index (χ2v) is 18.3. The van der Waals surface area contributed by atoms with E-state index in [1.54, 1.807) is 48.5 Å². The number of benzene rings is 4. The highest BCUT2D eigenvalue weighted by molar-refractivity contribution is 9.09. The summed E-state index contributed by atoms with van der Waals surface area (Å²) >= 11 is 3.32. The molecule has 4 aromatic carbocycles. The van der Waals surface area contributed by atoms with Crippen LogP contribution >= 0.6 is 15.9 Å². The van der Waals surface area contributed by atoms with E-state index in [4.69, 9.17) is 52.8 Å². The van der Waals surface area contributed by atoms with E-state index in [-0.39, 0.29) is 55.6 Å². The minimum atomic E-state index is -0.213. The van der Waals surface area contributed by atoms with E-state index in [2.05, 4.69) is 25.7 Å². The molecule has 0 spiro atoms. The molecule has 0 amide bonds. The number of hydrogen-bond acceptors (Lipinski definition) is 13. The van der Waals surface area contributed by atoms with Crippen LogP contribution in [-0.4, -0.2) is 136 Å². The Balaban J connectivity index is 0.000000153. The van der Waals surface area contributed by atoms with Crippen molar-refractivity contribution < 1.29 is 61.6 Å². The van der Waals surface area contributed by atoms with E-state index in [1.165, 1.54) is 6.42 Å². The van der Waals surface area contributed by atoms with E-state index in [0.717, 1.165) is 150 Å². The summed E-state index contributed by atoms with van der Waals surface area (Å²) in [4.78, 5) is 4.38. The summed E-state index contributed by atoms with van der Waals surface area (Å²) in [6.07, 6.45) is 9.42. The Morgan fingerprint density at radius 3 is 1.06 bits per heavy atom. The summed E-state index contributed by atoms with van der Waals surface area (Å²) in [6.45, 7) is 8.93. The van der Waals surface area contributed by atoms with Gasteiger partial charge in [0.1, 0.15) is 59.2 Å². The lowest BCUT2D eigenvalue weighted by Crippen LogP contribution is -2.49. The minimum absolute atomic E-state index is 0.0851. The Bertz CT molecular complexity index is 1930. The molecule has 13 nitrogen and oxygen atoms in total. The maximum Gasteiger partial charge on any atom is 0.199 e. The van der Waals surface area contributed by atoms with Gasteiger partial charge in [0.25, 0.3) is 0 Å². The fourth-order valence-corrected chi connectivity index (χ4v) is 7.98. The molecule has 0 aromatic heterocycles. The standard InChI is InChI=1S/C17H24FNO3.C13H17BrO3.C12H16FNO2.C11H14O3/c18-11-14-12-19(13-14)8-10-20-15-4-6-16(7-5-15)22-17-3-1-2-9-21-17;14-8-10-15-11-4-6-12(7-5-11)17-13-3-1-2-9-16-13;13-7-10-8-14(9-10)5-6-16-12-3-1-11(15)2-4-12;12-9-4-6-10(7-5-9)14-11-3-1-2-8-13-11/h4-7,14,17H,1-3,8-13H2;4-7,13H,1-3,8-10H2;1-4,10,15H,5-9H2;4-7,11-12H,1-3,8H2. The number of aromatic hydroxyl groups is 2. The third-order valence-electron chi connectivity index (χ3n) is 11.7. The molecule has 16 heteroatoms. The van der Waals surface area contributed by atoms with Crippen molar-refractivity contribution in [2.24, 2.45) is 11.8 Å². The lowest BCUT2D eigenvalue weighted by molar-refractivity contribution is -0.106. The van der Waals surface area contributed by atoms with E-state index < -0.39 is 0 Å². The molecule has 5 aliphatic heterocycles. The van der Waals surface area contributed by atoms with Gasteiger partial charge < -0.3 is 52.8 Å². The van der Waals surface area contributed by atoms with E-state index in [1.807, 2.05) is 48.5 Å². The smallest absolute Gasteiger partial charge is 0.199 e. The predicted octanol–water partition coefficient (Wildman–Crippen LogP) is 10.2. The summed E-state index contributed by atoms with van der Waals surface area (Å²) in [5.74, 6) is 5.79. The van der Waals surface area contributed by atoms with Gasteiger partial charge in [0.2, 0.25) is 0 Å². The quantitative estimate of drug-likeness (QED) is 0.0866. The molecule has 4 aromatic rings. The van der Waals surface area contributed by atoms with Crippen molar-refractivity contribution in [3.05, 3.63) is 97.1 Å². The van der Waals surface area contributed by atoms with Crippen LogP contribution in [0.5, 0.6) is 46.0 Å². The van der Waals surface area contributed by atoms with Crippen LogP contribution in [0, 0.1) is 11.8 Å². The number of ether oxygens (including phenoxy) is 9. The Hall–Kier alpha value is -4.58. The van der Waals surface area contributed by atoms with Crippen molar-refractivity contribution in [2.75, 3.05) is 97.6 Å². The summed E-state index contributed by atoms with van der Waals surface area (Å²) in [6, 6.07) is 28.7. The van der Waals surface area contributed by atoms with Gasteiger partial charge in [-0.3, -0.25) is 18.6 Å². The molecule has 3 atom stereocenters. The molecule has 0 saturated carbocycles. The Morgan fingerprint density at radius 2 is 0.754 bits per heavy atom. The van der Waals surface area contributed by atoms with Gasteiger partial charge in [0, 0.05) is 75.7 Å². The van der Waals surface area contributed by atoms with Crippen molar-refractivity contribution in [3.63, 3.8) is 0 Å². The van der Waals surface area contributed by atoms with Crippen LogP contribution in [0.15, 0.2) is 97.1 Å². The first-order valence-corrected chi connectivity index (χ1v) is 25.6. The molecule has 2 N–H and O–H groups in total. The third-order valence-corrected chi connectivity index (χ3v) is 12.1. The van der Waals surface area contributed by atoms with Crippen LogP contribution < -0.4 is 28.4 Å². The lowest BCUT2D eigenvalue weighted by atomic mass is 10.0. The number of likely N-dealkylation sites (tertiary alicyclic amines) is 2. The zero-order chi connectivity index (χ0) is 48.3. The van der Waals surface area contributed by atoms with E-state index >= 15 is 0 Å². The van der Waals surface area contributed by atoms with Gasteiger partial charge in [0.05, 0.1) is 39.8 Å². The first-order valence-electron chi connectivity index (χ1n) is 24.5. The predicted molar refractivity (Wildman–Crippen MR) is 264 cm³/mol. The van der Waals surface area contributed by atoms with Gasteiger partial charge in [-0.05, 0) is 136 Å². The average Bonchev–Trinajstić information content (AvgIpc) is 3.36. The number of nitrogens with zero attached hydrogens (tertiary/aromatic N) is 2. The molecule has 9 rings (SSSR count). The minimum Gasteiger partial charge on any atom is -0.508 e. The van der Waals surface area contributed by atoms with Crippen LogP contribution in [0.3, 0.4) is 0 Å². The van der Waals surface area contributed by atoms with Crippen molar-refractivity contribution >= 4 is 15.9 Å². The number of rotatable bonds is 19. The largest absolute Gasteiger partial charge is 0.508 e. The van der Waals surface area contributed by atoms with Crippen LogP contribution in [0.1, 0.15) is 57.8 Å². The number of phenols is 2. The van der Waals surface area contributed by atoms with E-state index in [0.29, 0.717) is 19.8 Å². The zero-order valence-electron chi connectivity index (χ0n) is 39.7. The van der Waals surface area contributed by atoms with Crippen molar-refractivity contribution in [1.82, 2.24) is 9.80 Å². The fraction of sp³-hybridized carbons (Fsp3) is 0.547. The topological polar surface area (TPSA) is 130 Å². The molecule has 5 fully saturated rings. The van der Waals surface area contributed by atoms with Gasteiger partial charge in [0.15, 0.2) is 18.9 Å². The molecule has 69 heavy (non-hydrogen) atoms. The molecule has 380 valence electrons. The molecule has 0 aliphatic carbocycles. The van der Waals surface area contributed by atoms with Gasteiger partial charge in [-0.1, -0.05) is 15.9 Å². The van der Waals surface area contributed by atoms with Crippen LogP contribution in [0.2, 0.25) is 0 Å². The number of phenolic OH excluding ortho intramolecular Hbond substituents is 2. The number of alkyl halides is 3. The molecule has 0 bridgehead atoms.